The molecule has 0 saturated carbocycles. The minimum Gasteiger partial charge on any atom is -0.377 e. The van der Waals surface area contributed by atoms with E-state index in [2.05, 4.69) is 31.9 Å². The molecule has 20 heteroatoms. The van der Waals surface area contributed by atoms with Crippen LogP contribution >= 0.6 is 0 Å². The van der Waals surface area contributed by atoms with Gasteiger partial charge in [0.25, 0.3) is 0 Å². The maximum atomic E-state index is 12.2. The molecule has 0 aliphatic rings. The zero-order valence-corrected chi connectivity index (χ0v) is 34.8. The van der Waals surface area contributed by atoms with E-state index >= 15 is 0 Å². The van der Waals surface area contributed by atoms with E-state index in [1.807, 2.05) is 0 Å². The summed E-state index contributed by atoms with van der Waals surface area (Å²) < 4.78 is 21.4. The summed E-state index contributed by atoms with van der Waals surface area (Å²) in [5.74, 6) is -1.61. The Hall–Kier alpha value is -3.79. The van der Waals surface area contributed by atoms with Gasteiger partial charge < -0.3 is 68.0 Å². The zero-order chi connectivity index (χ0) is 43.2. The van der Waals surface area contributed by atoms with Crippen molar-refractivity contribution in [2.45, 2.75) is 108 Å². The molecule has 0 radical (unpaired) electrons. The molecule has 6 amide bonds. The third-order valence-corrected chi connectivity index (χ3v) is 8.84. The van der Waals surface area contributed by atoms with Crippen LogP contribution in [0.5, 0.6) is 0 Å². The molecule has 0 saturated heterocycles. The molecule has 12 N–H and O–H groups in total. The lowest BCUT2D eigenvalue weighted by atomic mass is 10.1. The highest BCUT2D eigenvalue weighted by Crippen LogP contribution is 2.07. The number of primary amides is 2. The quantitative estimate of drug-likeness (QED) is 0.0302. The van der Waals surface area contributed by atoms with Crippen molar-refractivity contribution in [3.05, 3.63) is 0 Å². The number of carbonyl (C=O) groups excluding carboxylic acids is 7. The Morgan fingerprint density at radius 1 is 0.466 bits per heavy atom. The molecular formula is C38H73N9O11. The Balaban J connectivity index is 3.57. The molecule has 0 rings (SSSR count). The Morgan fingerprint density at radius 2 is 0.931 bits per heavy atom. The van der Waals surface area contributed by atoms with E-state index in [1.54, 1.807) is 14.1 Å². The number of ketones is 1. The van der Waals surface area contributed by atoms with Gasteiger partial charge in [-0.05, 0) is 71.9 Å². The van der Waals surface area contributed by atoms with Crippen LogP contribution in [0.3, 0.4) is 0 Å². The summed E-state index contributed by atoms with van der Waals surface area (Å²) in [6.07, 6.45) is 8.16. The van der Waals surface area contributed by atoms with Gasteiger partial charge in [0.1, 0.15) is 13.2 Å². The summed E-state index contributed by atoms with van der Waals surface area (Å²) in [7, 11) is 3.37. The number of rotatable bonds is 41. The van der Waals surface area contributed by atoms with Gasteiger partial charge in [0.05, 0.1) is 57.8 Å². The van der Waals surface area contributed by atoms with E-state index in [0.717, 1.165) is 25.7 Å². The first-order chi connectivity index (χ1) is 27.9. The Bertz CT molecular complexity index is 1170. The lowest BCUT2D eigenvalue weighted by Gasteiger charge is -2.14. The van der Waals surface area contributed by atoms with E-state index in [9.17, 15) is 33.6 Å². The van der Waals surface area contributed by atoms with Gasteiger partial charge in [-0.15, -0.1) is 0 Å². The van der Waals surface area contributed by atoms with Crippen molar-refractivity contribution >= 4 is 41.2 Å². The highest BCUT2D eigenvalue weighted by atomic mass is 16.5. The normalized spacial score (nSPS) is 12.6. The van der Waals surface area contributed by atoms with E-state index in [4.69, 9.17) is 36.1 Å². The average Bonchev–Trinajstić information content (AvgIpc) is 3.18. The van der Waals surface area contributed by atoms with Crippen molar-refractivity contribution in [2.24, 2.45) is 17.2 Å². The lowest BCUT2D eigenvalue weighted by molar-refractivity contribution is -0.127. The number of nitrogens with one attached hydrogen (secondary N) is 6. The maximum absolute atomic E-state index is 12.2. The molecule has 0 aromatic rings. The molecule has 0 aromatic carbocycles. The fourth-order valence-electron chi connectivity index (χ4n) is 5.39. The van der Waals surface area contributed by atoms with E-state index in [0.29, 0.717) is 84.2 Å². The molecule has 336 valence electrons. The second kappa shape index (κ2) is 37.5. The number of Topliss-reactive ketones (excluding diaryl/α,β-unsaturated/α-hetero) is 1. The lowest BCUT2D eigenvalue weighted by Crippen LogP contribution is -2.41. The molecule has 0 spiro atoms. The Morgan fingerprint density at radius 3 is 1.48 bits per heavy atom. The largest absolute Gasteiger partial charge is 0.377 e. The smallest absolute Gasteiger partial charge is 0.246 e. The summed E-state index contributed by atoms with van der Waals surface area (Å²) in [6.45, 7) is 3.00. The van der Waals surface area contributed by atoms with Crippen molar-refractivity contribution in [1.82, 2.24) is 31.9 Å². The molecule has 0 fully saturated rings. The number of nitrogens with two attached hydrogens (primary N) is 3. The highest BCUT2D eigenvalue weighted by Gasteiger charge is 2.15. The van der Waals surface area contributed by atoms with E-state index in [-0.39, 0.29) is 106 Å². The van der Waals surface area contributed by atoms with Crippen LogP contribution in [0.15, 0.2) is 0 Å². The van der Waals surface area contributed by atoms with Crippen molar-refractivity contribution in [1.29, 1.82) is 0 Å². The SMILES string of the molecule is CN[C@@H](CCCCCC(=O)COCCOCCNC(=O)COCCOCCNC(=O)CCCC(=O)NCCCC[C@H](N)C(=O)NCCCC[C@H](NC)C(N)=O)C(N)=O. The minimum atomic E-state index is -0.631. The van der Waals surface area contributed by atoms with Crippen molar-refractivity contribution in [3.8, 4) is 0 Å². The average molecular weight is 832 g/mol. The van der Waals surface area contributed by atoms with Crippen molar-refractivity contribution in [3.63, 3.8) is 0 Å². The van der Waals surface area contributed by atoms with Crippen LogP contribution in [-0.4, -0.2) is 152 Å². The Kier molecular flexibility index (Phi) is 35.0. The van der Waals surface area contributed by atoms with Gasteiger partial charge in [0.15, 0.2) is 5.78 Å². The summed E-state index contributed by atoms with van der Waals surface area (Å²) in [5, 5.41) is 16.7. The van der Waals surface area contributed by atoms with Crippen LogP contribution in [-0.2, 0) is 52.5 Å². The second-order valence-electron chi connectivity index (χ2n) is 13.7. The fourth-order valence-corrected chi connectivity index (χ4v) is 5.39. The molecule has 0 aliphatic heterocycles. The molecule has 0 bridgehead atoms. The van der Waals surface area contributed by atoms with Crippen LogP contribution in [0.1, 0.15) is 89.9 Å². The van der Waals surface area contributed by atoms with Crippen LogP contribution in [0.2, 0.25) is 0 Å². The summed E-state index contributed by atoms with van der Waals surface area (Å²) in [4.78, 5) is 82.4. The van der Waals surface area contributed by atoms with Crippen molar-refractivity contribution in [2.75, 3.05) is 93.1 Å². The predicted octanol–water partition coefficient (Wildman–Crippen LogP) is -1.98. The first-order valence-electron chi connectivity index (χ1n) is 20.5. The molecule has 3 atom stereocenters. The van der Waals surface area contributed by atoms with Gasteiger partial charge in [-0.2, -0.15) is 0 Å². The van der Waals surface area contributed by atoms with Crippen molar-refractivity contribution < 1.29 is 52.5 Å². The standard InChI is InChI=1S/C38H73N9O11/c1-42-31(36(40)52)13-5-3-4-11-29(48)27-57-25-23-56-22-20-46-35(51)28-58-26-24-55-21-19-45-34(50)16-10-15-33(49)44-17-8-6-12-30(39)38(54)47-18-9-7-14-32(43-2)37(41)53/h30-32,42-43H,3-28,39H2,1-2H3,(H2,40,52)(H2,41,53)(H,44,49)(H,45,50)(H,46,51)(H,47,54)/t30-,31-,32-/m0/s1. The second-order valence-corrected chi connectivity index (χ2v) is 13.7. The fraction of sp³-hybridized carbons (Fsp3) is 0.816. The molecule has 0 unspecified atom stereocenters. The molecule has 0 heterocycles. The van der Waals surface area contributed by atoms with Gasteiger partial charge in [-0.1, -0.05) is 12.8 Å². The van der Waals surface area contributed by atoms with E-state index in [1.165, 1.54) is 0 Å². The molecular weight excluding hydrogens is 758 g/mol. The van der Waals surface area contributed by atoms with Gasteiger partial charge in [0.2, 0.25) is 35.4 Å². The van der Waals surface area contributed by atoms with Gasteiger partial charge >= 0.3 is 0 Å². The first kappa shape index (κ1) is 54.2. The molecule has 0 aromatic heterocycles. The summed E-state index contributed by atoms with van der Waals surface area (Å²) >= 11 is 0. The molecule has 58 heavy (non-hydrogen) atoms. The third kappa shape index (κ3) is 33.2. The predicted molar refractivity (Wildman–Crippen MR) is 217 cm³/mol. The zero-order valence-electron chi connectivity index (χ0n) is 34.8. The monoisotopic (exact) mass is 832 g/mol. The minimum absolute atomic E-state index is 0.0111. The molecule has 20 nitrogen and oxygen atoms in total. The number of ether oxygens (including phenoxy) is 4. The van der Waals surface area contributed by atoms with Crippen LogP contribution in [0, 0.1) is 0 Å². The maximum Gasteiger partial charge on any atom is 0.246 e. The summed E-state index contributed by atoms with van der Waals surface area (Å²) in [6, 6.07) is -1.35. The van der Waals surface area contributed by atoms with Crippen LogP contribution in [0.4, 0.5) is 0 Å². The third-order valence-electron chi connectivity index (χ3n) is 8.84. The van der Waals surface area contributed by atoms with E-state index < -0.39 is 11.9 Å². The number of likely N-dealkylation sites (N-methyl/N-ethyl adjacent to an activating group) is 2. The van der Waals surface area contributed by atoms with Gasteiger partial charge in [0, 0.05) is 45.4 Å². The number of hydrogen-bond acceptors (Lipinski definition) is 14. The number of hydrogen-bond donors (Lipinski definition) is 9. The Labute approximate surface area is 343 Å². The number of amides is 6. The summed E-state index contributed by atoms with van der Waals surface area (Å²) in [5.41, 5.74) is 16.5. The van der Waals surface area contributed by atoms with Gasteiger partial charge in [-0.3, -0.25) is 33.6 Å². The first-order valence-corrected chi connectivity index (χ1v) is 20.5. The van der Waals surface area contributed by atoms with Gasteiger partial charge in [-0.25, -0.2) is 0 Å². The topological polar surface area (TPSA) is 307 Å². The highest BCUT2D eigenvalue weighted by molar-refractivity contribution is 5.82. The number of unbranched alkanes of at least 4 members (excludes halogenated alkanes) is 4. The van der Waals surface area contributed by atoms with Crippen LogP contribution in [0.25, 0.3) is 0 Å². The molecule has 0 aliphatic carbocycles. The van der Waals surface area contributed by atoms with Crippen LogP contribution < -0.4 is 49.1 Å². The number of carbonyl (C=O) groups is 7.